The number of hydrogen-bond donors (Lipinski definition) is 0. The molecule has 3 rings (SSSR count). The average Bonchev–Trinajstić information content (AvgIpc) is 2.98. The molecule has 0 radical (unpaired) electrons. The van der Waals surface area contributed by atoms with Crippen molar-refractivity contribution in [2.45, 2.75) is 63.8 Å². The van der Waals surface area contributed by atoms with Gasteiger partial charge >= 0.3 is 0 Å². The lowest BCUT2D eigenvalue weighted by atomic mass is 9.86. The third-order valence-corrected chi connectivity index (χ3v) is 5.72. The summed E-state index contributed by atoms with van der Waals surface area (Å²) in [6.45, 7) is 3.16. The highest BCUT2D eigenvalue weighted by molar-refractivity contribution is 5.82. The maximum atomic E-state index is 12.8. The van der Waals surface area contributed by atoms with Crippen LogP contribution in [0.4, 0.5) is 0 Å². The minimum Gasteiger partial charge on any atom is -0.341 e. The predicted octanol–water partition coefficient (Wildman–Crippen LogP) is 2.65. The van der Waals surface area contributed by atoms with E-state index in [1.54, 1.807) is 0 Å². The van der Waals surface area contributed by atoms with Crippen LogP contribution in [0.1, 0.15) is 57.8 Å². The monoisotopic (exact) mass is 264 g/mol. The number of nitrogens with zero attached hydrogens (tertiary/aromatic N) is 2. The van der Waals surface area contributed by atoms with Crippen LogP contribution in [0.3, 0.4) is 0 Å². The molecular weight excluding hydrogens is 236 g/mol. The van der Waals surface area contributed by atoms with Gasteiger partial charge in [-0.2, -0.15) is 0 Å². The highest BCUT2D eigenvalue weighted by atomic mass is 16.2. The summed E-state index contributed by atoms with van der Waals surface area (Å²) in [6.07, 6.45) is 11.6. The van der Waals surface area contributed by atoms with Gasteiger partial charge in [0.25, 0.3) is 0 Å². The fourth-order valence-corrected chi connectivity index (χ4v) is 4.43. The van der Waals surface area contributed by atoms with Crippen LogP contribution in [0.2, 0.25) is 0 Å². The summed E-state index contributed by atoms with van der Waals surface area (Å²) in [6, 6.07) is 0.166. The third kappa shape index (κ3) is 2.67. The summed E-state index contributed by atoms with van der Waals surface area (Å²) < 4.78 is 0. The third-order valence-electron chi connectivity index (χ3n) is 5.72. The van der Waals surface area contributed by atoms with Gasteiger partial charge in [-0.15, -0.1) is 0 Å². The number of likely N-dealkylation sites (N-methyl/N-ethyl adjacent to an activating group) is 1. The van der Waals surface area contributed by atoms with Crippen molar-refractivity contribution in [2.24, 2.45) is 5.41 Å². The van der Waals surface area contributed by atoms with Gasteiger partial charge in [0, 0.05) is 13.1 Å². The fourth-order valence-electron chi connectivity index (χ4n) is 4.43. The van der Waals surface area contributed by atoms with E-state index < -0.39 is 0 Å². The van der Waals surface area contributed by atoms with Crippen LogP contribution in [0.5, 0.6) is 0 Å². The Morgan fingerprint density at radius 3 is 2.58 bits per heavy atom. The van der Waals surface area contributed by atoms with E-state index in [2.05, 4.69) is 16.8 Å². The number of rotatable bonds is 1. The molecule has 0 unspecified atom stereocenters. The zero-order valence-corrected chi connectivity index (χ0v) is 12.4. The van der Waals surface area contributed by atoms with E-state index in [1.807, 2.05) is 0 Å². The average molecular weight is 264 g/mol. The van der Waals surface area contributed by atoms with E-state index in [-0.39, 0.29) is 6.04 Å². The molecule has 3 nitrogen and oxygen atoms in total. The van der Waals surface area contributed by atoms with Gasteiger partial charge in [-0.3, -0.25) is 9.69 Å². The first kappa shape index (κ1) is 13.4. The van der Waals surface area contributed by atoms with Gasteiger partial charge in [0.05, 0.1) is 6.04 Å². The van der Waals surface area contributed by atoms with Crippen molar-refractivity contribution < 1.29 is 4.79 Å². The number of hydrogen-bond acceptors (Lipinski definition) is 2. The molecule has 108 valence electrons. The summed E-state index contributed by atoms with van der Waals surface area (Å²) in [5, 5.41) is 0. The molecule has 3 heteroatoms. The standard InChI is InChI=1S/C16H28N2O/c1-17-11-6-2-3-7-14(17)15(19)18-12-10-16(13-18)8-4-5-9-16/h14H,2-13H2,1H3/t14-/m0/s1. The highest BCUT2D eigenvalue weighted by Crippen LogP contribution is 2.45. The molecule has 0 aromatic heterocycles. The van der Waals surface area contributed by atoms with Gasteiger partial charge in [0.15, 0.2) is 0 Å². The smallest absolute Gasteiger partial charge is 0.239 e. The molecule has 3 fully saturated rings. The topological polar surface area (TPSA) is 23.6 Å². The van der Waals surface area contributed by atoms with Crippen molar-refractivity contribution in [3.8, 4) is 0 Å². The summed E-state index contributed by atoms with van der Waals surface area (Å²) in [4.78, 5) is 17.3. The first-order chi connectivity index (χ1) is 9.20. The van der Waals surface area contributed by atoms with Crippen molar-refractivity contribution in [1.82, 2.24) is 9.80 Å². The second-order valence-electron chi connectivity index (χ2n) is 7.06. The van der Waals surface area contributed by atoms with Crippen LogP contribution < -0.4 is 0 Å². The molecule has 2 saturated heterocycles. The van der Waals surface area contributed by atoms with E-state index >= 15 is 0 Å². The summed E-state index contributed by atoms with van der Waals surface area (Å²) in [5.41, 5.74) is 0.513. The lowest BCUT2D eigenvalue weighted by Gasteiger charge is -2.30. The van der Waals surface area contributed by atoms with Crippen molar-refractivity contribution in [3.05, 3.63) is 0 Å². The second kappa shape index (κ2) is 5.43. The summed E-state index contributed by atoms with van der Waals surface area (Å²) >= 11 is 0. The molecule has 0 aromatic carbocycles. The van der Waals surface area contributed by atoms with Crippen molar-refractivity contribution in [3.63, 3.8) is 0 Å². The molecule has 1 saturated carbocycles. The molecule has 19 heavy (non-hydrogen) atoms. The fraction of sp³-hybridized carbons (Fsp3) is 0.938. The number of carbonyl (C=O) groups is 1. The Bertz CT molecular complexity index is 336. The first-order valence-electron chi connectivity index (χ1n) is 8.19. The maximum absolute atomic E-state index is 12.8. The molecule has 1 amide bonds. The quantitative estimate of drug-likeness (QED) is 0.727. The minimum absolute atomic E-state index is 0.166. The Hall–Kier alpha value is -0.570. The molecule has 2 heterocycles. The predicted molar refractivity (Wildman–Crippen MR) is 77.0 cm³/mol. The van der Waals surface area contributed by atoms with Gasteiger partial charge in [-0.05, 0) is 51.1 Å². The van der Waals surface area contributed by atoms with Gasteiger partial charge in [0.2, 0.25) is 5.91 Å². The van der Waals surface area contributed by atoms with Gasteiger partial charge in [-0.1, -0.05) is 25.7 Å². The zero-order valence-electron chi connectivity index (χ0n) is 12.4. The lowest BCUT2D eigenvalue weighted by Crippen LogP contribution is -2.46. The van der Waals surface area contributed by atoms with Crippen LogP contribution in [-0.2, 0) is 4.79 Å². The Kier molecular flexibility index (Phi) is 3.84. The number of amides is 1. The van der Waals surface area contributed by atoms with E-state index in [9.17, 15) is 4.79 Å². The Morgan fingerprint density at radius 1 is 1.00 bits per heavy atom. The molecule has 1 atom stereocenters. The molecule has 0 N–H and O–H groups in total. The Morgan fingerprint density at radius 2 is 1.79 bits per heavy atom. The zero-order chi connectivity index (χ0) is 13.3. The maximum Gasteiger partial charge on any atom is 0.239 e. The molecular formula is C16H28N2O. The lowest BCUT2D eigenvalue weighted by molar-refractivity contribution is -0.136. The molecule has 2 aliphatic heterocycles. The van der Waals surface area contributed by atoms with Crippen molar-refractivity contribution >= 4 is 5.91 Å². The normalized spacial score (nSPS) is 31.8. The van der Waals surface area contributed by atoms with Gasteiger partial charge in [0.1, 0.15) is 0 Å². The van der Waals surface area contributed by atoms with E-state index in [4.69, 9.17) is 0 Å². The number of likely N-dealkylation sites (tertiary alicyclic amines) is 2. The number of carbonyl (C=O) groups excluding carboxylic acids is 1. The summed E-state index contributed by atoms with van der Waals surface area (Å²) in [5.74, 6) is 0.424. The van der Waals surface area contributed by atoms with Crippen LogP contribution in [0, 0.1) is 5.41 Å². The molecule has 3 aliphatic rings. The van der Waals surface area contributed by atoms with Gasteiger partial charge < -0.3 is 4.90 Å². The van der Waals surface area contributed by atoms with Crippen LogP contribution in [-0.4, -0.2) is 48.4 Å². The molecule has 1 aliphatic carbocycles. The molecule has 0 aromatic rings. The second-order valence-corrected chi connectivity index (χ2v) is 7.06. The van der Waals surface area contributed by atoms with E-state index in [1.165, 1.54) is 51.4 Å². The largest absolute Gasteiger partial charge is 0.341 e. The van der Waals surface area contributed by atoms with Crippen LogP contribution in [0.15, 0.2) is 0 Å². The highest BCUT2D eigenvalue weighted by Gasteiger charge is 2.43. The molecule has 0 bridgehead atoms. The van der Waals surface area contributed by atoms with Crippen molar-refractivity contribution in [1.29, 1.82) is 0 Å². The minimum atomic E-state index is 0.166. The van der Waals surface area contributed by atoms with Crippen LogP contribution in [0.25, 0.3) is 0 Å². The van der Waals surface area contributed by atoms with Crippen molar-refractivity contribution in [2.75, 3.05) is 26.7 Å². The Labute approximate surface area is 117 Å². The van der Waals surface area contributed by atoms with Crippen LogP contribution >= 0.6 is 0 Å². The van der Waals surface area contributed by atoms with E-state index in [0.29, 0.717) is 11.3 Å². The van der Waals surface area contributed by atoms with E-state index in [0.717, 1.165) is 26.1 Å². The Balaban J connectivity index is 1.63. The summed E-state index contributed by atoms with van der Waals surface area (Å²) in [7, 11) is 2.13. The van der Waals surface area contributed by atoms with Gasteiger partial charge in [-0.25, -0.2) is 0 Å². The molecule has 1 spiro atoms. The first-order valence-corrected chi connectivity index (χ1v) is 8.19. The SMILES string of the molecule is CN1CCCCC[C@H]1C(=O)N1CCC2(CCCC2)C1.